The van der Waals surface area contributed by atoms with Crippen LogP contribution < -0.4 is 5.32 Å². The third-order valence-electron chi connectivity index (χ3n) is 4.25. The van der Waals surface area contributed by atoms with E-state index in [-0.39, 0.29) is 11.9 Å². The molecule has 0 aliphatic heterocycles. The maximum atomic E-state index is 14.3. The minimum Gasteiger partial charge on any atom is -0.305 e. The Morgan fingerprint density at radius 2 is 2.26 bits per heavy atom. The molecule has 1 N–H and O–H groups in total. The summed E-state index contributed by atoms with van der Waals surface area (Å²) in [5.41, 5.74) is 1.70. The van der Waals surface area contributed by atoms with Crippen LogP contribution in [0.3, 0.4) is 0 Å². The number of halogens is 2. The normalized spacial score (nSPS) is 15.8. The molecule has 1 aliphatic rings. The molecule has 1 fully saturated rings. The van der Waals surface area contributed by atoms with Gasteiger partial charge in [-0.3, -0.25) is 0 Å². The second-order valence-corrected chi connectivity index (χ2v) is 7.31. The van der Waals surface area contributed by atoms with E-state index in [9.17, 15) is 4.39 Å². The monoisotopic (exact) mass is 353 g/mol. The number of benzene rings is 1. The Morgan fingerprint density at radius 3 is 2.96 bits per heavy atom. The summed E-state index contributed by atoms with van der Waals surface area (Å²) in [6.07, 6.45) is 5.37. The number of hydrogen-bond acceptors (Lipinski definition) is 4. The second-order valence-electron chi connectivity index (χ2n) is 6.07. The molecule has 1 heterocycles. The van der Waals surface area contributed by atoms with Gasteiger partial charge in [0.2, 0.25) is 0 Å². The molecule has 23 heavy (non-hydrogen) atoms. The molecule has 0 spiro atoms. The minimum absolute atomic E-state index is 0.0854. The van der Waals surface area contributed by atoms with Crippen molar-refractivity contribution in [1.82, 2.24) is 14.9 Å². The van der Waals surface area contributed by atoms with Crippen molar-refractivity contribution < 1.29 is 4.39 Å². The lowest BCUT2D eigenvalue weighted by Gasteiger charge is -2.20. The van der Waals surface area contributed by atoms with E-state index >= 15 is 0 Å². The van der Waals surface area contributed by atoms with E-state index in [1.165, 1.54) is 35.3 Å². The fourth-order valence-corrected chi connectivity index (χ4v) is 3.79. The zero-order valence-electron chi connectivity index (χ0n) is 13.2. The smallest absolute Gasteiger partial charge is 0.129 e. The van der Waals surface area contributed by atoms with Crippen molar-refractivity contribution in [3.05, 3.63) is 45.2 Å². The van der Waals surface area contributed by atoms with E-state index < -0.39 is 0 Å². The lowest BCUT2D eigenvalue weighted by atomic mass is 10.00. The zero-order chi connectivity index (χ0) is 16.2. The molecule has 3 rings (SSSR count). The van der Waals surface area contributed by atoms with Crippen LogP contribution in [-0.2, 0) is 6.54 Å². The topological polar surface area (TPSA) is 37.8 Å². The highest BCUT2D eigenvalue weighted by molar-refractivity contribution is 7.05. The van der Waals surface area contributed by atoms with Crippen molar-refractivity contribution in [1.29, 1.82) is 0 Å². The summed E-state index contributed by atoms with van der Waals surface area (Å²) in [4.78, 5) is 1.17. The highest BCUT2D eigenvalue weighted by Crippen LogP contribution is 2.41. The van der Waals surface area contributed by atoms with Crippen LogP contribution in [0, 0.1) is 5.82 Å². The molecule has 0 radical (unpaired) electrons. The molecule has 1 aromatic heterocycles. The van der Waals surface area contributed by atoms with Crippen LogP contribution in [0.15, 0.2) is 18.2 Å². The van der Waals surface area contributed by atoms with Crippen LogP contribution in [0.4, 0.5) is 4.39 Å². The van der Waals surface area contributed by atoms with Crippen LogP contribution in [0.2, 0.25) is 5.02 Å². The summed E-state index contributed by atoms with van der Waals surface area (Å²) in [7, 11) is 0. The summed E-state index contributed by atoms with van der Waals surface area (Å²) >= 11 is 7.69. The molecule has 1 atom stereocenters. The van der Waals surface area contributed by atoms with Gasteiger partial charge in [-0.05, 0) is 42.9 Å². The van der Waals surface area contributed by atoms with Gasteiger partial charge in [0.25, 0.3) is 0 Å². The number of aromatic nitrogens is 2. The summed E-state index contributed by atoms with van der Waals surface area (Å²) in [5, 5.41) is 8.23. The van der Waals surface area contributed by atoms with E-state index in [0.29, 0.717) is 23.0 Å². The molecule has 0 amide bonds. The second kappa shape index (κ2) is 7.69. The fourth-order valence-electron chi connectivity index (χ4n) is 2.82. The van der Waals surface area contributed by atoms with Crippen LogP contribution in [0.25, 0.3) is 0 Å². The molecule has 1 unspecified atom stereocenters. The summed E-state index contributed by atoms with van der Waals surface area (Å²) in [6, 6.07) is 4.80. The van der Waals surface area contributed by atoms with Crippen molar-refractivity contribution in [3.63, 3.8) is 0 Å². The Kier molecular flexibility index (Phi) is 5.62. The van der Waals surface area contributed by atoms with Crippen LogP contribution in [0.5, 0.6) is 0 Å². The van der Waals surface area contributed by atoms with Crippen molar-refractivity contribution in [2.75, 3.05) is 0 Å². The van der Waals surface area contributed by atoms with Crippen LogP contribution in [-0.4, -0.2) is 9.59 Å². The van der Waals surface area contributed by atoms with Crippen LogP contribution in [0.1, 0.15) is 67.1 Å². The first-order valence-electron chi connectivity index (χ1n) is 8.19. The van der Waals surface area contributed by atoms with E-state index in [4.69, 9.17) is 11.6 Å². The van der Waals surface area contributed by atoms with Crippen molar-refractivity contribution in [2.24, 2.45) is 0 Å². The van der Waals surface area contributed by atoms with Gasteiger partial charge < -0.3 is 5.32 Å². The quantitative estimate of drug-likeness (QED) is 0.706. The average Bonchev–Trinajstić information content (AvgIpc) is 3.27. The first-order valence-corrected chi connectivity index (χ1v) is 9.34. The van der Waals surface area contributed by atoms with Crippen molar-refractivity contribution >= 4 is 23.1 Å². The Balaban J connectivity index is 1.75. The van der Waals surface area contributed by atoms with Crippen molar-refractivity contribution in [2.45, 2.75) is 57.5 Å². The van der Waals surface area contributed by atoms with Gasteiger partial charge in [-0.2, -0.15) is 0 Å². The summed E-state index contributed by atoms with van der Waals surface area (Å²) in [5.74, 6) is 0.340. The van der Waals surface area contributed by atoms with Gasteiger partial charge in [0.05, 0.1) is 10.6 Å². The Hall–Kier alpha value is -1.04. The van der Waals surface area contributed by atoms with Crippen molar-refractivity contribution in [3.8, 4) is 0 Å². The Bertz CT molecular complexity index is 637. The molecule has 1 aliphatic carbocycles. The third-order valence-corrected chi connectivity index (χ3v) is 5.32. The zero-order valence-corrected chi connectivity index (χ0v) is 14.8. The molecule has 1 aromatic carbocycles. The lowest BCUT2D eigenvalue weighted by molar-refractivity contribution is 0.459. The Morgan fingerprint density at radius 1 is 1.43 bits per heavy atom. The van der Waals surface area contributed by atoms with Crippen LogP contribution >= 0.6 is 23.1 Å². The predicted octanol–water partition coefficient (Wildman–Crippen LogP) is 5.23. The highest BCUT2D eigenvalue weighted by Gasteiger charge is 2.29. The average molecular weight is 354 g/mol. The highest BCUT2D eigenvalue weighted by atomic mass is 35.5. The number of nitrogens with zero attached hydrogens (tertiary/aromatic N) is 2. The van der Waals surface area contributed by atoms with Gasteiger partial charge in [0.1, 0.15) is 5.82 Å². The first kappa shape index (κ1) is 16.8. The molecule has 2 aromatic rings. The lowest BCUT2D eigenvalue weighted by Crippen LogP contribution is -2.22. The van der Waals surface area contributed by atoms with Gasteiger partial charge in [-0.1, -0.05) is 41.9 Å². The van der Waals surface area contributed by atoms with Gasteiger partial charge in [-0.25, -0.2) is 4.39 Å². The van der Waals surface area contributed by atoms with Gasteiger partial charge in [0.15, 0.2) is 0 Å². The number of unbranched alkanes of at least 4 members (excludes halogenated alkanes) is 1. The standard InChI is InChI=1S/C17H21ClFN3S/c1-2-3-7-14(16-12(18)5-4-6-13(16)19)20-10-15-17(11-8-9-11)21-22-23-15/h4-6,11,14,20H,2-3,7-10H2,1H3. The molecule has 124 valence electrons. The fraction of sp³-hybridized carbons (Fsp3) is 0.529. The molecule has 6 heteroatoms. The first-order chi connectivity index (χ1) is 11.2. The third kappa shape index (κ3) is 4.08. The molecule has 1 saturated carbocycles. The number of rotatable bonds is 8. The molecular weight excluding hydrogens is 333 g/mol. The number of nitrogens with one attached hydrogen (secondary N) is 1. The Labute approximate surface area is 145 Å². The maximum Gasteiger partial charge on any atom is 0.129 e. The van der Waals surface area contributed by atoms with E-state index in [1.54, 1.807) is 12.1 Å². The van der Waals surface area contributed by atoms with E-state index in [1.807, 2.05) is 0 Å². The van der Waals surface area contributed by atoms with E-state index in [0.717, 1.165) is 25.0 Å². The largest absolute Gasteiger partial charge is 0.305 e. The molecule has 3 nitrogen and oxygen atoms in total. The molecule has 0 saturated heterocycles. The van der Waals surface area contributed by atoms with E-state index in [2.05, 4.69) is 21.8 Å². The van der Waals surface area contributed by atoms with Gasteiger partial charge >= 0.3 is 0 Å². The van der Waals surface area contributed by atoms with Gasteiger partial charge in [0, 0.05) is 29.1 Å². The molecular formula is C17H21ClFN3S. The molecule has 0 bridgehead atoms. The van der Waals surface area contributed by atoms with Gasteiger partial charge in [-0.15, -0.1) is 5.10 Å². The SMILES string of the molecule is CCCCC(NCc1snnc1C1CC1)c1c(F)cccc1Cl. The summed E-state index contributed by atoms with van der Waals surface area (Å²) in [6.45, 7) is 2.81. The number of hydrogen-bond donors (Lipinski definition) is 1. The predicted molar refractivity (Wildman–Crippen MR) is 92.4 cm³/mol. The summed E-state index contributed by atoms with van der Waals surface area (Å²) < 4.78 is 18.3. The minimum atomic E-state index is -0.240. The maximum absolute atomic E-state index is 14.3.